The van der Waals surface area contributed by atoms with Gasteiger partial charge in [-0.15, -0.1) is 0 Å². The van der Waals surface area contributed by atoms with Gasteiger partial charge in [0.05, 0.1) is 0 Å². The molecule has 1 rings (SSSR count). The Morgan fingerprint density at radius 3 is 1.92 bits per heavy atom. The maximum atomic E-state index is 11.6. The minimum absolute atomic E-state index is 0.269. The first kappa shape index (κ1) is 23.3. The van der Waals surface area contributed by atoms with E-state index in [1.165, 1.54) is 27.7 Å². The molecule has 0 aromatic carbocycles. The van der Waals surface area contributed by atoms with Crippen molar-refractivity contribution in [2.45, 2.75) is 58.3 Å². The van der Waals surface area contributed by atoms with Gasteiger partial charge in [0.25, 0.3) is 0 Å². The molecule has 0 aromatic rings. The number of hydrogen-bond acceptors (Lipinski definition) is 10. The Kier molecular flexibility index (Phi) is 10.0. The second kappa shape index (κ2) is 11.2. The van der Waals surface area contributed by atoms with Crippen molar-refractivity contribution in [3.8, 4) is 0 Å². The van der Waals surface area contributed by atoms with E-state index in [1.807, 2.05) is 0 Å². The molecule has 0 spiro atoms. The van der Waals surface area contributed by atoms with Crippen LogP contribution in [0.25, 0.3) is 0 Å². The molecular weight excluding hydrogens is 580 g/mol. The topological polar surface area (TPSA) is 126 Å². The molecule has 1 aliphatic heterocycles. The molecule has 0 bridgehead atoms. The zero-order valence-electron chi connectivity index (χ0n) is 14.5. The predicted octanol–water partition coefficient (Wildman–Crippen LogP) is -2.99. The Labute approximate surface area is 170 Å². The van der Waals surface area contributed by atoms with Gasteiger partial charge in [0, 0.05) is 0 Å². The fourth-order valence-electron chi connectivity index (χ4n) is 2.33. The number of carbonyl (C=O) groups excluding carboxylic acids is 4. The number of nitrogens with one attached hydrogen (secondary N) is 1. The third-order valence-corrected chi connectivity index (χ3v) is 5.68. The molecular formula is C14H20I2NO9-. The van der Waals surface area contributed by atoms with E-state index < -0.39 is 72.0 Å². The van der Waals surface area contributed by atoms with Crippen LogP contribution in [0, 0.1) is 0 Å². The molecule has 1 aliphatic rings. The van der Waals surface area contributed by atoms with E-state index >= 15 is 0 Å². The summed E-state index contributed by atoms with van der Waals surface area (Å²) in [4.78, 5) is 45.7. The van der Waals surface area contributed by atoms with Crippen LogP contribution in [-0.4, -0.2) is 61.1 Å². The first-order valence-corrected chi connectivity index (χ1v) is 14.8. The standard InChI is InChI=1S/C14H20I2NO9/c1-6(18)22-5-10-12(23-7(2)19)13(24-8(3)20)11(17-16-15)14(26-10)25-9(4)21/h10-14,17H,5H2,1-4H3/q-1. The van der Waals surface area contributed by atoms with Crippen LogP contribution in [0.1, 0.15) is 27.7 Å². The first-order chi connectivity index (χ1) is 12.1. The Morgan fingerprint density at radius 1 is 0.923 bits per heavy atom. The van der Waals surface area contributed by atoms with Crippen molar-refractivity contribution in [1.29, 1.82) is 0 Å². The molecule has 0 aromatic heterocycles. The molecule has 0 aliphatic carbocycles. The number of esters is 4. The zero-order valence-corrected chi connectivity index (χ0v) is 18.8. The summed E-state index contributed by atoms with van der Waals surface area (Å²) in [5.41, 5.74) is 0. The van der Waals surface area contributed by atoms with Crippen molar-refractivity contribution in [2.24, 2.45) is 0 Å². The molecule has 1 saturated heterocycles. The van der Waals surface area contributed by atoms with Gasteiger partial charge in [0.15, 0.2) is 0 Å². The first-order valence-electron chi connectivity index (χ1n) is 7.46. The number of halogens is 2. The molecule has 1 fully saturated rings. The SMILES string of the molecule is CC(=O)OCC1OC(OC(C)=O)C(N[I-]I)C(OC(C)=O)C1OC(C)=O. The van der Waals surface area contributed by atoms with Crippen LogP contribution >= 0.6 is 18.6 Å². The monoisotopic (exact) mass is 600 g/mol. The molecule has 12 heteroatoms. The normalized spacial score (nSPS) is 28.1. The van der Waals surface area contributed by atoms with Gasteiger partial charge in [-0.3, -0.25) is 0 Å². The second-order valence-corrected chi connectivity index (χ2v) is 9.08. The Hall–Kier alpha value is -0.740. The number of rotatable bonds is 7. The van der Waals surface area contributed by atoms with Gasteiger partial charge >= 0.3 is 171 Å². The van der Waals surface area contributed by atoms with Gasteiger partial charge < -0.3 is 0 Å². The van der Waals surface area contributed by atoms with Crippen LogP contribution in [0.15, 0.2) is 0 Å². The van der Waals surface area contributed by atoms with Crippen molar-refractivity contribution in [3.63, 3.8) is 0 Å². The summed E-state index contributed by atoms with van der Waals surface area (Å²) in [6.45, 7) is 4.55. The average molecular weight is 600 g/mol. The molecule has 0 saturated carbocycles. The Morgan fingerprint density at radius 2 is 1.46 bits per heavy atom. The Bertz CT molecular complexity index is 545. The van der Waals surface area contributed by atoms with Gasteiger partial charge in [-0.2, -0.15) is 0 Å². The molecule has 1 N–H and O–H groups in total. The predicted molar refractivity (Wildman–Crippen MR) is 89.1 cm³/mol. The van der Waals surface area contributed by atoms with Gasteiger partial charge in [-0.25, -0.2) is 0 Å². The zero-order chi connectivity index (χ0) is 19.9. The molecule has 26 heavy (non-hydrogen) atoms. The van der Waals surface area contributed by atoms with E-state index in [0.717, 1.165) is 0 Å². The summed E-state index contributed by atoms with van der Waals surface area (Å²) in [5, 5.41) is 0. The van der Waals surface area contributed by atoms with Gasteiger partial charge in [0.2, 0.25) is 0 Å². The van der Waals surface area contributed by atoms with E-state index in [2.05, 4.69) is 22.1 Å². The van der Waals surface area contributed by atoms with E-state index in [4.69, 9.17) is 23.7 Å². The van der Waals surface area contributed by atoms with Crippen LogP contribution in [0.4, 0.5) is 0 Å². The van der Waals surface area contributed by atoms with Crippen molar-refractivity contribution in [2.75, 3.05) is 6.61 Å². The van der Waals surface area contributed by atoms with E-state index in [0.29, 0.717) is 0 Å². The molecule has 0 radical (unpaired) electrons. The summed E-state index contributed by atoms with van der Waals surface area (Å²) in [6.07, 6.45) is -4.14. The van der Waals surface area contributed by atoms with Gasteiger partial charge in [0.1, 0.15) is 0 Å². The molecule has 0 amide bonds. The molecule has 5 unspecified atom stereocenters. The van der Waals surface area contributed by atoms with Crippen molar-refractivity contribution < 1.29 is 60.4 Å². The molecule has 150 valence electrons. The minimum atomic E-state index is -1.11. The summed E-state index contributed by atoms with van der Waals surface area (Å²) in [5.74, 6) is -2.41. The van der Waals surface area contributed by atoms with Crippen molar-refractivity contribution in [3.05, 3.63) is 0 Å². The second-order valence-electron chi connectivity index (χ2n) is 5.31. The van der Waals surface area contributed by atoms with Gasteiger partial charge in [-0.1, -0.05) is 0 Å². The molecule has 5 atom stereocenters. The van der Waals surface area contributed by atoms with Gasteiger partial charge in [-0.05, 0) is 0 Å². The summed E-state index contributed by atoms with van der Waals surface area (Å²) >= 11 is 1.56. The van der Waals surface area contributed by atoms with Crippen LogP contribution in [0.2, 0.25) is 0 Å². The Balaban J connectivity index is 3.21. The summed E-state index contributed by atoms with van der Waals surface area (Å²) in [7, 11) is 0. The number of ether oxygens (including phenoxy) is 5. The summed E-state index contributed by atoms with van der Waals surface area (Å²) in [6, 6.07) is -0.745. The fourth-order valence-corrected chi connectivity index (χ4v) is 5.07. The van der Waals surface area contributed by atoms with E-state index in [1.54, 1.807) is 0 Å². The van der Waals surface area contributed by atoms with Crippen molar-refractivity contribution >= 4 is 42.5 Å². The third-order valence-electron chi connectivity index (χ3n) is 3.15. The maximum absolute atomic E-state index is 11.6. The van der Waals surface area contributed by atoms with Crippen LogP contribution in [-0.2, 0) is 42.9 Å². The van der Waals surface area contributed by atoms with Crippen LogP contribution in [0.5, 0.6) is 0 Å². The van der Waals surface area contributed by atoms with Crippen molar-refractivity contribution in [1.82, 2.24) is 3.53 Å². The molecule has 1 heterocycles. The number of carbonyl (C=O) groups is 4. The van der Waals surface area contributed by atoms with E-state index in [9.17, 15) is 19.2 Å². The van der Waals surface area contributed by atoms with Crippen LogP contribution in [0.3, 0.4) is 0 Å². The quantitative estimate of drug-likeness (QED) is 0.140. The number of hydrogen-bond donors (Lipinski definition) is 1. The molecule has 10 nitrogen and oxygen atoms in total. The average Bonchev–Trinajstić information content (AvgIpc) is 2.49. The summed E-state index contributed by atoms with van der Waals surface area (Å²) < 4.78 is 29.5. The van der Waals surface area contributed by atoms with E-state index in [-0.39, 0.29) is 6.61 Å². The third kappa shape index (κ3) is 7.48. The fraction of sp³-hybridized carbons (Fsp3) is 0.714. The van der Waals surface area contributed by atoms with Crippen LogP contribution < -0.4 is 21.0 Å².